The molecule has 0 saturated carbocycles. The third-order valence-electron chi connectivity index (χ3n) is 6.13. The summed E-state index contributed by atoms with van der Waals surface area (Å²) in [5.74, 6) is 1.57. The second-order valence-corrected chi connectivity index (χ2v) is 8.63. The van der Waals surface area contributed by atoms with Gasteiger partial charge in [-0.15, -0.1) is 0 Å². The predicted molar refractivity (Wildman–Crippen MR) is 134 cm³/mol. The Morgan fingerprint density at radius 1 is 1.06 bits per heavy atom. The average molecular weight is 432 g/mol. The maximum absolute atomic E-state index is 9.76. The molecule has 0 aliphatic heterocycles. The topological polar surface area (TPSA) is 42.2 Å². The number of allylic oxidation sites excluding steroid dienone is 1. The molecular formula is C29H37NO2. The van der Waals surface area contributed by atoms with E-state index in [1.807, 2.05) is 24.3 Å². The zero-order valence-corrected chi connectivity index (χ0v) is 20.5. The number of rotatable bonds is 11. The molecule has 0 saturated heterocycles. The lowest BCUT2D eigenvalue weighted by molar-refractivity contribution is 0.313. The number of hydrogen-bond donors (Lipinski definition) is 0. The van der Waals surface area contributed by atoms with Gasteiger partial charge in [-0.3, -0.25) is 0 Å². The molecule has 2 rings (SSSR count). The molecule has 0 fully saturated rings. The van der Waals surface area contributed by atoms with E-state index in [0.29, 0.717) is 18.8 Å². The zero-order valence-electron chi connectivity index (χ0n) is 20.5. The van der Waals surface area contributed by atoms with E-state index in [0.717, 1.165) is 47.5 Å². The highest BCUT2D eigenvalue weighted by atomic mass is 16.5. The van der Waals surface area contributed by atoms with E-state index in [4.69, 9.17) is 9.47 Å². The average Bonchev–Trinajstić information content (AvgIpc) is 2.82. The Morgan fingerprint density at radius 2 is 1.75 bits per heavy atom. The van der Waals surface area contributed by atoms with E-state index < -0.39 is 0 Å². The SMILES string of the molecule is C=C/C(COc1ccc(C(C)(C)c2cc(C#N)c(OCCC)c(CC)c2)cc1)=C(/C)CC. The van der Waals surface area contributed by atoms with Gasteiger partial charge in [0.25, 0.3) is 0 Å². The van der Waals surface area contributed by atoms with Crippen LogP contribution in [-0.4, -0.2) is 13.2 Å². The Balaban J connectivity index is 2.31. The van der Waals surface area contributed by atoms with Crippen LogP contribution in [0.2, 0.25) is 0 Å². The summed E-state index contributed by atoms with van der Waals surface area (Å²) in [7, 11) is 0. The summed E-state index contributed by atoms with van der Waals surface area (Å²) in [5, 5.41) is 9.76. The van der Waals surface area contributed by atoms with Gasteiger partial charge in [0.2, 0.25) is 0 Å². The number of aryl methyl sites for hydroxylation is 1. The van der Waals surface area contributed by atoms with Gasteiger partial charge >= 0.3 is 0 Å². The van der Waals surface area contributed by atoms with Crippen LogP contribution in [0.5, 0.6) is 11.5 Å². The third-order valence-corrected chi connectivity index (χ3v) is 6.13. The van der Waals surface area contributed by atoms with Gasteiger partial charge in [0.05, 0.1) is 12.2 Å². The monoisotopic (exact) mass is 431 g/mol. The number of benzene rings is 2. The van der Waals surface area contributed by atoms with E-state index in [1.165, 1.54) is 11.1 Å². The maximum atomic E-state index is 9.76. The molecule has 0 bridgehead atoms. The Hall–Kier alpha value is -2.99. The molecule has 0 heterocycles. The Bertz CT molecular complexity index is 991. The molecule has 32 heavy (non-hydrogen) atoms. The van der Waals surface area contributed by atoms with Crippen LogP contribution in [0.4, 0.5) is 0 Å². The van der Waals surface area contributed by atoms with E-state index in [-0.39, 0.29) is 5.41 Å². The lowest BCUT2D eigenvalue weighted by atomic mass is 9.77. The molecule has 0 radical (unpaired) electrons. The van der Waals surface area contributed by atoms with Crippen molar-refractivity contribution in [1.29, 1.82) is 5.26 Å². The van der Waals surface area contributed by atoms with E-state index in [1.54, 1.807) is 0 Å². The first-order valence-electron chi connectivity index (χ1n) is 11.6. The summed E-state index contributed by atoms with van der Waals surface area (Å²) in [6.45, 7) is 17.9. The van der Waals surface area contributed by atoms with Crippen LogP contribution in [0.15, 0.2) is 60.2 Å². The highest BCUT2D eigenvalue weighted by Gasteiger charge is 2.26. The molecule has 0 amide bonds. The van der Waals surface area contributed by atoms with Crippen LogP contribution in [0.25, 0.3) is 0 Å². The van der Waals surface area contributed by atoms with Gasteiger partial charge in [0, 0.05) is 5.41 Å². The van der Waals surface area contributed by atoms with Crippen molar-refractivity contribution in [3.63, 3.8) is 0 Å². The molecule has 0 unspecified atom stereocenters. The Morgan fingerprint density at radius 3 is 2.28 bits per heavy atom. The van der Waals surface area contributed by atoms with Crippen molar-refractivity contribution < 1.29 is 9.47 Å². The number of ether oxygens (including phenoxy) is 2. The van der Waals surface area contributed by atoms with Crippen LogP contribution in [0.3, 0.4) is 0 Å². The Kier molecular flexibility index (Phi) is 9.14. The van der Waals surface area contributed by atoms with Gasteiger partial charge in [-0.2, -0.15) is 5.26 Å². The van der Waals surface area contributed by atoms with Crippen LogP contribution in [0.1, 0.15) is 76.6 Å². The molecule has 2 aromatic carbocycles. The van der Waals surface area contributed by atoms with Crippen LogP contribution >= 0.6 is 0 Å². The minimum atomic E-state index is -0.262. The van der Waals surface area contributed by atoms with E-state index in [9.17, 15) is 5.26 Å². The lowest BCUT2D eigenvalue weighted by Gasteiger charge is -2.28. The summed E-state index contributed by atoms with van der Waals surface area (Å²) >= 11 is 0. The first kappa shape index (κ1) is 25.3. The first-order chi connectivity index (χ1) is 15.3. The Labute approximate surface area is 194 Å². The largest absolute Gasteiger partial charge is 0.492 e. The first-order valence-corrected chi connectivity index (χ1v) is 11.6. The van der Waals surface area contributed by atoms with Gasteiger partial charge < -0.3 is 9.47 Å². The summed E-state index contributed by atoms with van der Waals surface area (Å²) in [6, 6.07) is 14.8. The molecule has 0 aliphatic rings. The quantitative estimate of drug-likeness (QED) is 0.345. The molecule has 3 heteroatoms. The van der Waals surface area contributed by atoms with Crippen molar-refractivity contribution >= 4 is 0 Å². The summed E-state index contributed by atoms with van der Waals surface area (Å²) in [5.41, 5.74) is 6.14. The van der Waals surface area contributed by atoms with Crippen molar-refractivity contribution in [1.82, 2.24) is 0 Å². The third kappa shape index (κ3) is 5.82. The van der Waals surface area contributed by atoms with Crippen molar-refractivity contribution in [2.24, 2.45) is 0 Å². The lowest BCUT2D eigenvalue weighted by Crippen LogP contribution is -2.20. The van der Waals surface area contributed by atoms with E-state index >= 15 is 0 Å². The summed E-state index contributed by atoms with van der Waals surface area (Å²) < 4.78 is 11.9. The fraction of sp³-hybridized carbons (Fsp3) is 0.414. The second kappa shape index (κ2) is 11.6. The minimum Gasteiger partial charge on any atom is -0.492 e. The summed E-state index contributed by atoms with van der Waals surface area (Å²) in [6.07, 6.45) is 4.60. The highest BCUT2D eigenvalue weighted by molar-refractivity contribution is 5.54. The predicted octanol–water partition coefficient (Wildman–Crippen LogP) is 7.53. The molecule has 170 valence electrons. The van der Waals surface area contributed by atoms with E-state index in [2.05, 4.69) is 72.4 Å². The molecule has 0 aliphatic carbocycles. The van der Waals surface area contributed by atoms with Gasteiger partial charge in [-0.05, 0) is 66.6 Å². The van der Waals surface area contributed by atoms with Gasteiger partial charge in [0.1, 0.15) is 24.2 Å². The molecule has 0 atom stereocenters. The van der Waals surface area contributed by atoms with Crippen molar-refractivity contribution in [2.75, 3.05) is 13.2 Å². The molecule has 0 spiro atoms. The van der Waals surface area contributed by atoms with Crippen molar-refractivity contribution in [3.05, 3.63) is 82.5 Å². The molecule has 3 nitrogen and oxygen atoms in total. The molecule has 0 N–H and O–H groups in total. The van der Waals surface area contributed by atoms with Crippen molar-refractivity contribution in [2.45, 2.75) is 66.2 Å². The summed E-state index contributed by atoms with van der Waals surface area (Å²) in [4.78, 5) is 0. The number of nitriles is 1. The van der Waals surface area contributed by atoms with Gasteiger partial charge in [-0.25, -0.2) is 0 Å². The second-order valence-electron chi connectivity index (χ2n) is 8.63. The fourth-order valence-corrected chi connectivity index (χ4v) is 3.65. The normalized spacial score (nSPS) is 12.0. The maximum Gasteiger partial charge on any atom is 0.140 e. The van der Waals surface area contributed by atoms with Gasteiger partial charge in [-0.1, -0.05) is 71.0 Å². The number of nitrogens with zero attached hydrogens (tertiary/aromatic N) is 1. The molecular weight excluding hydrogens is 394 g/mol. The molecule has 2 aromatic rings. The minimum absolute atomic E-state index is 0.262. The molecule has 0 aromatic heterocycles. The van der Waals surface area contributed by atoms with Crippen LogP contribution in [0, 0.1) is 11.3 Å². The van der Waals surface area contributed by atoms with Crippen LogP contribution < -0.4 is 9.47 Å². The van der Waals surface area contributed by atoms with Crippen LogP contribution in [-0.2, 0) is 11.8 Å². The smallest absolute Gasteiger partial charge is 0.140 e. The van der Waals surface area contributed by atoms with Gasteiger partial charge in [0.15, 0.2) is 0 Å². The van der Waals surface area contributed by atoms with Crippen molar-refractivity contribution in [3.8, 4) is 17.6 Å². The zero-order chi connectivity index (χ0) is 23.7. The number of hydrogen-bond acceptors (Lipinski definition) is 3. The standard InChI is InChI=1S/C29H37NO2/c1-8-16-31-28-22(10-3)17-26(18-24(28)19-30)29(6,7)25-12-14-27(15-13-25)32-20-23(11-4)21(5)9-2/h11-15,17-18H,4,8-10,16,20H2,1-3,5-7H3/b23-21+. The fourth-order valence-electron chi connectivity index (χ4n) is 3.65. The highest BCUT2D eigenvalue weighted by Crippen LogP contribution is 2.37.